The van der Waals surface area contributed by atoms with Gasteiger partial charge in [0.15, 0.2) is 17.9 Å². The molecule has 1 aliphatic heterocycles. The van der Waals surface area contributed by atoms with Gasteiger partial charge < -0.3 is 40.7 Å². The number of carbonyl (C=O) groups excluding carboxylic acids is 2. The predicted octanol–water partition coefficient (Wildman–Crippen LogP) is 1.23. The van der Waals surface area contributed by atoms with Gasteiger partial charge in [-0.25, -0.2) is 0 Å². The average molecular weight is 536 g/mol. The number of aliphatic hydroxyl groups excluding tert-OH is 2. The zero-order chi connectivity index (χ0) is 26.1. The van der Waals surface area contributed by atoms with E-state index in [0.29, 0.717) is 0 Å². The second kappa shape index (κ2) is 9.63. The molecule has 3 aliphatic rings. The minimum atomic E-state index is -1.78. The fourth-order valence-corrected chi connectivity index (χ4v) is 5.50. The molecule has 1 saturated heterocycles. The van der Waals surface area contributed by atoms with Crippen LogP contribution in [0.4, 0.5) is 0 Å². The lowest BCUT2D eigenvalue weighted by molar-refractivity contribution is -0.250. The first-order valence-corrected chi connectivity index (χ1v) is 11.9. The summed E-state index contributed by atoms with van der Waals surface area (Å²) in [6, 6.07) is 5.47. The van der Waals surface area contributed by atoms with Gasteiger partial charge in [0.05, 0.1) is 41.1 Å². The summed E-state index contributed by atoms with van der Waals surface area (Å²) in [6.07, 6.45) is -5.29. The van der Waals surface area contributed by atoms with E-state index in [9.17, 15) is 35.1 Å². The summed E-state index contributed by atoms with van der Waals surface area (Å²) in [7, 11) is 0. The van der Waals surface area contributed by atoms with Crippen LogP contribution in [-0.2, 0) is 15.9 Å². The monoisotopic (exact) mass is 535 g/mol. The van der Waals surface area contributed by atoms with Gasteiger partial charge >= 0.3 is 0 Å². The third-order valence-electron chi connectivity index (χ3n) is 7.65. The van der Waals surface area contributed by atoms with Gasteiger partial charge in [-0.05, 0) is 13.8 Å². The minimum Gasteiger partial charge on any atom is -0.507 e. The number of halogens is 1. The molecule has 7 N–H and O–H groups in total. The van der Waals surface area contributed by atoms with Crippen molar-refractivity contribution in [2.75, 3.05) is 0 Å². The van der Waals surface area contributed by atoms with Crippen molar-refractivity contribution in [3.8, 4) is 11.5 Å². The van der Waals surface area contributed by atoms with E-state index in [-0.39, 0.29) is 65.1 Å². The van der Waals surface area contributed by atoms with Crippen molar-refractivity contribution in [1.82, 2.24) is 0 Å². The van der Waals surface area contributed by atoms with Crippen LogP contribution in [0.1, 0.15) is 75.8 Å². The van der Waals surface area contributed by atoms with Crippen molar-refractivity contribution in [2.24, 2.45) is 5.73 Å². The van der Waals surface area contributed by atoms with Crippen molar-refractivity contribution < 1.29 is 44.6 Å². The van der Waals surface area contributed by atoms with Crippen LogP contribution in [0.25, 0.3) is 0 Å². The van der Waals surface area contributed by atoms with Gasteiger partial charge in [-0.1, -0.05) is 24.3 Å². The maximum atomic E-state index is 13.3. The molecule has 7 atom stereocenters. The van der Waals surface area contributed by atoms with Crippen LogP contribution in [0.3, 0.4) is 0 Å². The molecule has 200 valence electrons. The Kier molecular flexibility index (Phi) is 7.15. The molecule has 2 aliphatic carbocycles. The van der Waals surface area contributed by atoms with Crippen LogP contribution < -0.4 is 5.73 Å². The SMILES string of the molecule is C[C@@H]1O[C@@H](O[C@H]2C[C@](O)([C@@H](C)O)Cc3c(O)c4c(c(O)c32)C(=O)c2ccccc2C4=O)C[C@@H](N)[C@@H]1O.Cl. The van der Waals surface area contributed by atoms with E-state index < -0.39 is 65.4 Å². The molecule has 0 radical (unpaired) electrons. The third-order valence-corrected chi connectivity index (χ3v) is 7.65. The second-order valence-electron chi connectivity index (χ2n) is 9.99. The van der Waals surface area contributed by atoms with Crippen LogP contribution in [-0.4, -0.2) is 73.3 Å². The van der Waals surface area contributed by atoms with Gasteiger partial charge in [-0.3, -0.25) is 9.59 Å². The van der Waals surface area contributed by atoms with Crippen LogP contribution >= 0.6 is 12.4 Å². The Bertz CT molecular complexity index is 1250. The molecule has 2 aromatic carbocycles. The number of aromatic hydroxyl groups is 2. The zero-order valence-electron chi connectivity index (χ0n) is 20.2. The minimum absolute atomic E-state index is 0. The largest absolute Gasteiger partial charge is 0.507 e. The Morgan fingerprint density at radius 1 is 1.11 bits per heavy atom. The molecule has 1 fully saturated rings. The highest BCUT2D eigenvalue weighted by Gasteiger charge is 2.49. The summed E-state index contributed by atoms with van der Waals surface area (Å²) in [6.45, 7) is 3.01. The van der Waals surface area contributed by atoms with Crippen LogP contribution in [0, 0.1) is 0 Å². The molecule has 0 spiro atoms. The summed E-state index contributed by atoms with van der Waals surface area (Å²) in [5.74, 6) is -2.35. The summed E-state index contributed by atoms with van der Waals surface area (Å²) in [5, 5.41) is 54.4. The van der Waals surface area contributed by atoms with E-state index in [1.165, 1.54) is 19.1 Å². The first-order valence-electron chi connectivity index (χ1n) is 11.9. The smallest absolute Gasteiger partial charge is 0.198 e. The van der Waals surface area contributed by atoms with Gasteiger partial charge in [-0.2, -0.15) is 0 Å². The van der Waals surface area contributed by atoms with Crippen molar-refractivity contribution in [1.29, 1.82) is 0 Å². The number of nitrogens with two attached hydrogens (primary N) is 1. The third kappa shape index (κ3) is 4.22. The number of ketones is 2. The molecule has 37 heavy (non-hydrogen) atoms. The predicted molar refractivity (Wildman–Crippen MR) is 132 cm³/mol. The standard InChI is InChI=1S/C26H29NO9.ClH/c1-10-21(29)15(27)7-17(35-10)36-16-9-26(34,11(2)28)8-14-18(16)25(33)20-19(24(14)32)22(30)12-5-3-4-6-13(12)23(20)31;/h3-6,10-11,15-17,21,28-29,32-34H,7-9,27H2,1-2H3;1H/t10-,11+,15+,16-,17-,21+,26-;/m0./s1. The number of rotatable bonds is 3. The average Bonchev–Trinajstić information content (AvgIpc) is 2.82. The lowest BCUT2D eigenvalue weighted by Gasteiger charge is -2.43. The number of phenolic OH excluding ortho intramolecular Hbond substituents is 2. The van der Waals surface area contributed by atoms with Crippen LogP contribution in [0.2, 0.25) is 0 Å². The molecule has 11 heteroatoms. The van der Waals surface area contributed by atoms with E-state index in [2.05, 4.69) is 0 Å². The molecule has 5 rings (SSSR count). The Morgan fingerprint density at radius 3 is 2.22 bits per heavy atom. The number of fused-ring (bicyclic) bond motifs is 3. The number of phenols is 2. The van der Waals surface area contributed by atoms with E-state index in [4.69, 9.17) is 15.2 Å². The first-order chi connectivity index (χ1) is 16.9. The fourth-order valence-electron chi connectivity index (χ4n) is 5.50. The lowest BCUT2D eigenvalue weighted by Crippen LogP contribution is -2.53. The van der Waals surface area contributed by atoms with Crippen molar-refractivity contribution in [2.45, 2.75) is 75.5 Å². The second-order valence-corrected chi connectivity index (χ2v) is 9.99. The number of ether oxygens (including phenoxy) is 2. The van der Waals surface area contributed by atoms with Gasteiger partial charge in [0.1, 0.15) is 11.5 Å². The molecule has 0 unspecified atom stereocenters. The molecule has 1 heterocycles. The Morgan fingerprint density at radius 2 is 1.68 bits per heavy atom. The maximum absolute atomic E-state index is 13.3. The summed E-state index contributed by atoms with van der Waals surface area (Å²) >= 11 is 0. The van der Waals surface area contributed by atoms with E-state index in [1.54, 1.807) is 19.1 Å². The maximum Gasteiger partial charge on any atom is 0.198 e. The molecular weight excluding hydrogens is 506 g/mol. The molecule has 0 aromatic heterocycles. The Hall–Kier alpha value is -2.57. The van der Waals surface area contributed by atoms with Crippen molar-refractivity contribution in [3.63, 3.8) is 0 Å². The number of aliphatic hydroxyl groups is 3. The van der Waals surface area contributed by atoms with Crippen LogP contribution in [0.5, 0.6) is 11.5 Å². The van der Waals surface area contributed by atoms with Gasteiger partial charge in [-0.15, -0.1) is 12.4 Å². The molecule has 2 aromatic rings. The van der Waals surface area contributed by atoms with Gasteiger partial charge in [0, 0.05) is 47.6 Å². The summed E-state index contributed by atoms with van der Waals surface area (Å²) in [4.78, 5) is 26.6. The van der Waals surface area contributed by atoms with Crippen molar-refractivity contribution >= 4 is 24.0 Å². The van der Waals surface area contributed by atoms with Crippen LogP contribution in [0.15, 0.2) is 24.3 Å². The normalized spacial score (nSPS) is 31.6. The molecule has 0 saturated carbocycles. The quantitative estimate of drug-likeness (QED) is 0.267. The van der Waals surface area contributed by atoms with Gasteiger partial charge in [0.25, 0.3) is 0 Å². The topological polar surface area (TPSA) is 180 Å². The van der Waals surface area contributed by atoms with E-state index >= 15 is 0 Å². The highest BCUT2D eigenvalue weighted by atomic mass is 35.5. The summed E-state index contributed by atoms with van der Waals surface area (Å²) in [5.41, 5.74) is 3.77. The zero-order valence-corrected chi connectivity index (χ0v) is 21.1. The number of benzene rings is 2. The molecular formula is C26H30ClNO9. The highest BCUT2D eigenvalue weighted by molar-refractivity contribution is 6.30. The summed E-state index contributed by atoms with van der Waals surface area (Å²) < 4.78 is 11.8. The fraction of sp³-hybridized carbons (Fsp3) is 0.462. The molecule has 0 amide bonds. The molecule has 10 nitrogen and oxygen atoms in total. The number of hydrogen-bond donors (Lipinski definition) is 6. The lowest BCUT2D eigenvalue weighted by atomic mass is 9.71. The number of carbonyl (C=O) groups is 2. The highest BCUT2D eigenvalue weighted by Crippen LogP contribution is 2.52. The molecule has 0 bridgehead atoms. The van der Waals surface area contributed by atoms with E-state index in [0.717, 1.165) is 0 Å². The van der Waals surface area contributed by atoms with Crippen molar-refractivity contribution in [3.05, 3.63) is 57.6 Å². The van der Waals surface area contributed by atoms with Gasteiger partial charge in [0.2, 0.25) is 0 Å². The number of hydrogen-bond acceptors (Lipinski definition) is 10. The Balaban J connectivity index is 0.00000320. The first kappa shape index (κ1) is 27.5. The Labute approximate surface area is 219 Å². The van der Waals surface area contributed by atoms with E-state index in [1.807, 2.05) is 0 Å².